The fourth-order valence-electron chi connectivity index (χ4n) is 2.63. The van der Waals surface area contributed by atoms with Crippen molar-refractivity contribution >= 4 is 15.8 Å². The third kappa shape index (κ3) is 3.80. The summed E-state index contributed by atoms with van der Waals surface area (Å²) in [6.45, 7) is 1.41. The zero-order valence-corrected chi connectivity index (χ0v) is 14.9. The molecule has 3 rings (SSSR count). The first-order chi connectivity index (χ1) is 12.7. The molecule has 0 amide bonds. The summed E-state index contributed by atoms with van der Waals surface area (Å²) in [5, 5.41) is 3.87. The van der Waals surface area contributed by atoms with E-state index in [1.165, 1.54) is 55.7 Å². The lowest BCUT2D eigenvalue weighted by molar-refractivity contribution is -0.143. The van der Waals surface area contributed by atoms with E-state index in [1.807, 2.05) is 0 Å². The Labute approximate surface area is 153 Å². The quantitative estimate of drug-likeness (QED) is 0.712. The van der Waals surface area contributed by atoms with E-state index in [-0.39, 0.29) is 28.4 Å². The Bertz CT molecular complexity index is 1030. The van der Waals surface area contributed by atoms with E-state index in [0.29, 0.717) is 0 Å². The SMILES string of the molecule is CCn1nc(NS(=O)(=O)c2ccccc2)c(-c2ccncc2)c1C(F)(F)F. The first-order valence-corrected chi connectivity index (χ1v) is 9.38. The summed E-state index contributed by atoms with van der Waals surface area (Å²) in [7, 11) is -4.11. The number of nitrogens with one attached hydrogen (secondary N) is 1. The number of sulfonamides is 1. The highest BCUT2D eigenvalue weighted by molar-refractivity contribution is 7.92. The van der Waals surface area contributed by atoms with Crippen molar-refractivity contribution in [1.29, 1.82) is 0 Å². The van der Waals surface area contributed by atoms with E-state index >= 15 is 0 Å². The largest absolute Gasteiger partial charge is 0.433 e. The zero-order chi connectivity index (χ0) is 19.7. The fraction of sp³-hybridized carbons (Fsp3) is 0.176. The second-order valence-corrected chi connectivity index (χ2v) is 7.22. The fourth-order valence-corrected chi connectivity index (χ4v) is 3.66. The number of halogens is 3. The molecule has 0 unspecified atom stereocenters. The maximum atomic E-state index is 13.7. The molecule has 0 saturated heterocycles. The van der Waals surface area contributed by atoms with Gasteiger partial charge in [-0.15, -0.1) is 0 Å². The molecule has 2 aromatic heterocycles. The van der Waals surface area contributed by atoms with Crippen LogP contribution in [0.1, 0.15) is 12.6 Å². The van der Waals surface area contributed by atoms with Crippen LogP contribution in [0.4, 0.5) is 19.0 Å². The smallest absolute Gasteiger partial charge is 0.265 e. The summed E-state index contributed by atoms with van der Waals surface area (Å²) in [6, 6.07) is 10.1. The van der Waals surface area contributed by atoms with Crippen LogP contribution in [0.2, 0.25) is 0 Å². The molecule has 0 saturated carbocycles. The number of benzene rings is 1. The molecule has 0 aliphatic carbocycles. The number of hydrogen-bond acceptors (Lipinski definition) is 4. The number of pyridine rings is 1. The van der Waals surface area contributed by atoms with Crippen LogP contribution in [-0.4, -0.2) is 23.2 Å². The number of rotatable bonds is 5. The molecule has 27 heavy (non-hydrogen) atoms. The number of nitrogens with zero attached hydrogens (tertiary/aromatic N) is 3. The molecule has 0 aliphatic heterocycles. The molecule has 6 nitrogen and oxygen atoms in total. The van der Waals surface area contributed by atoms with E-state index in [1.54, 1.807) is 6.07 Å². The monoisotopic (exact) mass is 396 g/mol. The van der Waals surface area contributed by atoms with Gasteiger partial charge in [0.25, 0.3) is 10.0 Å². The molecule has 0 fully saturated rings. The molecule has 1 N–H and O–H groups in total. The highest BCUT2D eigenvalue weighted by atomic mass is 32.2. The Morgan fingerprint density at radius 1 is 1.07 bits per heavy atom. The minimum Gasteiger partial charge on any atom is -0.265 e. The minimum atomic E-state index is -4.72. The van der Waals surface area contributed by atoms with Gasteiger partial charge in [0.05, 0.1) is 10.5 Å². The van der Waals surface area contributed by atoms with Crippen molar-refractivity contribution in [2.45, 2.75) is 24.5 Å². The number of alkyl halides is 3. The van der Waals surface area contributed by atoms with Gasteiger partial charge in [0, 0.05) is 18.9 Å². The number of anilines is 1. The van der Waals surface area contributed by atoms with Crippen molar-refractivity contribution in [1.82, 2.24) is 14.8 Å². The summed E-state index contributed by atoms with van der Waals surface area (Å²) in [5.74, 6) is -0.390. The van der Waals surface area contributed by atoms with Gasteiger partial charge in [0.15, 0.2) is 11.5 Å². The topological polar surface area (TPSA) is 76.9 Å². The van der Waals surface area contributed by atoms with Gasteiger partial charge in [0.1, 0.15) is 0 Å². The van der Waals surface area contributed by atoms with E-state index in [4.69, 9.17) is 0 Å². The Balaban J connectivity index is 2.20. The molecule has 142 valence electrons. The van der Waals surface area contributed by atoms with Crippen LogP contribution in [0.15, 0.2) is 59.8 Å². The van der Waals surface area contributed by atoms with Crippen molar-refractivity contribution in [2.75, 3.05) is 4.72 Å². The van der Waals surface area contributed by atoms with Gasteiger partial charge < -0.3 is 0 Å². The number of hydrogen-bond donors (Lipinski definition) is 1. The Kier molecular flexibility index (Phi) is 4.92. The number of aryl methyl sites for hydroxylation is 1. The van der Waals surface area contributed by atoms with Gasteiger partial charge in [-0.25, -0.2) is 8.42 Å². The van der Waals surface area contributed by atoms with Crippen LogP contribution in [0.25, 0.3) is 11.1 Å². The second kappa shape index (κ2) is 7.03. The van der Waals surface area contributed by atoms with Crippen molar-refractivity contribution in [3.8, 4) is 11.1 Å². The highest BCUT2D eigenvalue weighted by Gasteiger charge is 2.40. The van der Waals surface area contributed by atoms with Gasteiger partial charge in [0.2, 0.25) is 0 Å². The van der Waals surface area contributed by atoms with Gasteiger partial charge >= 0.3 is 6.18 Å². The van der Waals surface area contributed by atoms with Gasteiger partial charge in [-0.05, 0) is 36.8 Å². The Morgan fingerprint density at radius 3 is 2.26 bits per heavy atom. The molecular formula is C17H15F3N4O2S. The zero-order valence-electron chi connectivity index (χ0n) is 14.1. The normalized spacial score (nSPS) is 12.1. The second-order valence-electron chi connectivity index (χ2n) is 5.54. The van der Waals surface area contributed by atoms with Crippen LogP contribution < -0.4 is 4.72 Å². The van der Waals surface area contributed by atoms with Crippen LogP contribution >= 0.6 is 0 Å². The summed E-state index contributed by atoms with van der Waals surface area (Å²) >= 11 is 0. The maximum absolute atomic E-state index is 13.7. The lowest BCUT2D eigenvalue weighted by Gasteiger charge is -2.12. The predicted molar refractivity (Wildman–Crippen MR) is 93.4 cm³/mol. The third-order valence-electron chi connectivity index (χ3n) is 3.77. The Hall–Kier alpha value is -2.88. The van der Waals surface area contributed by atoms with Gasteiger partial charge in [-0.2, -0.15) is 18.3 Å². The standard InChI is InChI=1S/C17H15F3N4O2S/c1-2-24-15(17(18,19)20)14(12-8-10-21-11-9-12)16(22-24)23-27(25,26)13-6-4-3-5-7-13/h3-11H,2H2,1H3,(H,22,23). The van der Waals surface area contributed by atoms with E-state index in [9.17, 15) is 21.6 Å². The summed E-state index contributed by atoms with van der Waals surface area (Å²) in [5.41, 5.74) is -1.21. The predicted octanol–water partition coefficient (Wildman–Crippen LogP) is 3.78. The third-order valence-corrected chi connectivity index (χ3v) is 5.13. The molecule has 2 heterocycles. The number of aromatic nitrogens is 3. The minimum absolute atomic E-state index is 0.0784. The van der Waals surface area contributed by atoms with Crippen molar-refractivity contribution in [3.63, 3.8) is 0 Å². The van der Waals surface area contributed by atoms with Crippen LogP contribution in [0, 0.1) is 0 Å². The molecule has 0 spiro atoms. The van der Waals surface area contributed by atoms with E-state index in [0.717, 1.165) is 4.68 Å². The molecular weight excluding hydrogens is 381 g/mol. The van der Waals surface area contributed by atoms with E-state index in [2.05, 4.69) is 14.8 Å². The molecule has 10 heteroatoms. The van der Waals surface area contributed by atoms with Crippen molar-refractivity contribution < 1.29 is 21.6 Å². The highest BCUT2D eigenvalue weighted by Crippen LogP contribution is 2.41. The maximum Gasteiger partial charge on any atom is 0.433 e. The molecule has 1 aromatic carbocycles. The summed E-state index contributed by atoms with van der Waals surface area (Å²) < 4.78 is 69.2. The van der Waals surface area contributed by atoms with Crippen LogP contribution in [0.3, 0.4) is 0 Å². The first-order valence-electron chi connectivity index (χ1n) is 7.90. The molecule has 0 aliphatic rings. The molecule has 0 atom stereocenters. The van der Waals surface area contributed by atoms with E-state index < -0.39 is 21.9 Å². The summed E-state index contributed by atoms with van der Waals surface area (Å²) in [6.07, 6.45) is -2.07. The molecule has 0 radical (unpaired) electrons. The summed E-state index contributed by atoms with van der Waals surface area (Å²) in [4.78, 5) is 3.72. The first kappa shape index (κ1) is 18.9. The lowest BCUT2D eigenvalue weighted by atomic mass is 10.1. The van der Waals surface area contributed by atoms with Gasteiger partial charge in [-0.3, -0.25) is 14.4 Å². The lowest BCUT2D eigenvalue weighted by Crippen LogP contribution is -2.15. The average molecular weight is 396 g/mol. The average Bonchev–Trinajstić information content (AvgIpc) is 3.01. The molecule has 0 bridgehead atoms. The van der Waals surface area contributed by atoms with Crippen molar-refractivity contribution in [3.05, 3.63) is 60.6 Å². The van der Waals surface area contributed by atoms with Gasteiger partial charge in [-0.1, -0.05) is 18.2 Å². The van der Waals surface area contributed by atoms with Crippen molar-refractivity contribution in [2.24, 2.45) is 0 Å². The molecule has 3 aromatic rings. The van der Waals surface area contributed by atoms with Crippen LogP contribution in [0.5, 0.6) is 0 Å². The Morgan fingerprint density at radius 2 is 1.70 bits per heavy atom. The van der Waals surface area contributed by atoms with Crippen LogP contribution in [-0.2, 0) is 22.7 Å².